The zero-order valence-electron chi connectivity index (χ0n) is 17.6. The molecule has 1 saturated heterocycles. The first kappa shape index (κ1) is 19.9. The molecule has 0 atom stereocenters. The normalized spacial score (nSPS) is 14.3. The number of rotatable bonds is 5. The standard InChI is InChI=1S/C25H24N6O/c32-25(27-20-7-2-1-3-8-20)19-13-16-31(17-14-19)23-11-10-22(29-30-23)28-24-21-9-5-4-6-18(21)12-15-26-24/h1-12,15,19H,13-14,16-17H2,(H,27,32)(H,26,28,29). The van der Waals surface area contributed by atoms with Crippen LogP contribution in [0.5, 0.6) is 0 Å². The van der Waals surface area contributed by atoms with Gasteiger partial charge in [-0.25, -0.2) is 4.98 Å². The summed E-state index contributed by atoms with van der Waals surface area (Å²) in [5.74, 6) is 2.33. The zero-order chi connectivity index (χ0) is 21.8. The van der Waals surface area contributed by atoms with Crippen LogP contribution in [0.4, 0.5) is 23.1 Å². The van der Waals surface area contributed by atoms with E-state index in [1.807, 2.05) is 66.7 Å². The Labute approximate surface area is 186 Å². The van der Waals surface area contributed by atoms with Crippen LogP contribution in [0.15, 0.2) is 79.0 Å². The molecule has 0 radical (unpaired) electrons. The fourth-order valence-corrected chi connectivity index (χ4v) is 4.04. The Balaban J connectivity index is 1.19. The van der Waals surface area contributed by atoms with Crippen molar-refractivity contribution in [2.75, 3.05) is 28.6 Å². The molecule has 1 amide bonds. The molecule has 1 aliphatic heterocycles. The quantitative estimate of drug-likeness (QED) is 0.486. The van der Waals surface area contributed by atoms with Crippen LogP contribution in [0, 0.1) is 5.92 Å². The van der Waals surface area contributed by atoms with E-state index in [4.69, 9.17) is 0 Å². The van der Waals surface area contributed by atoms with E-state index in [1.165, 1.54) is 0 Å². The fourth-order valence-electron chi connectivity index (χ4n) is 4.04. The number of aromatic nitrogens is 3. The summed E-state index contributed by atoms with van der Waals surface area (Å²) in [6, 6.07) is 23.6. The van der Waals surface area contributed by atoms with Crippen molar-refractivity contribution in [2.24, 2.45) is 5.92 Å². The molecule has 0 unspecified atom stereocenters. The number of fused-ring (bicyclic) bond motifs is 1. The lowest BCUT2D eigenvalue weighted by Crippen LogP contribution is -2.38. The van der Waals surface area contributed by atoms with Crippen molar-refractivity contribution in [3.05, 3.63) is 79.0 Å². The van der Waals surface area contributed by atoms with Crippen LogP contribution in [0.1, 0.15) is 12.8 Å². The average molecular weight is 425 g/mol. The van der Waals surface area contributed by atoms with E-state index in [9.17, 15) is 4.79 Å². The van der Waals surface area contributed by atoms with Crippen LogP contribution in [-0.2, 0) is 4.79 Å². The summed E-state index contributed by atoms with van der Waals surface area (Å²) in [7, 11) is 0. The Morgan fingerprint density at radius 3 is 2.44 bits per heavy atom. The summed E-state index contributed by atoms with van der Waals surface area (Å²) in [6.45, 7) is 1.55. The van der Waals surface area contributed by atoms with Gasteiger partial charge in [-0.2, -0.15) is 0 Å². The largest absolute Gasteiger partial charge is 0.355 e. The smallest absolute Gasteiger partial charge is 0.227 e. The van der Waals surface area contributed by atoms with Crippen LogP contribution in [-0.4, -0.2) is 34.2 Å². The lowest BCUT2D eigenvalue weighted by molar-refractivity contribution is -0.120. The molecule has 0 bridgehead atoms. The highest BCUT2D eigenvalue weighted by atomic mass is 16.1. The summed E-state index contributed by atoms with van der Waals surface area (Å²) in [5.41, 5.74) is 0.842. The Kier molecular flexibility index (Phi) is 5.61. The van der Waals surface area contributed by atoms with Gasteiger partial charge in [0.05, 0.1) is 0 Å². The zero-order valence-corrected chi connectivity index (χ0v) is 17.6. The molecule has 4 aromatic rings. The number of amides is 1. The first-order valence-electron chi connectivity index (χ1n) is 10.8. The van der Waals surface area contributed by atoms with E-state index >= 15 is 0 Å². The summed E-state index contributed by atoms with van der Waals surface area (Å²) in [5, 5.41) is 17.2. The molecular formula is C25H24N6O. The maximum Gasteiger partial charge on any atom is 0.227 e. The Morgan fingerprint density at radius 2 is 1.66 bits per heavy atom. The predicted molar refractivity (Wildman–Crippen MR) is 127 cm³/mol. The molecule has 2 N–H and O–H groups in total. The van der Waals surface area contributed by atoms with E-state index in [0.29, 0.717) is 5.82 Å². The number of hydrogen-bond acceptors (Lipinski definition) is 6. The molecule has 0 aliphatic carbocycles. The Morgan fingerprint density at radius 1 is 0.875 bits per heavy atom. The fraction of sp³-hybridized carbons (Fsp3) is 0.200. The molecule has 0 saturated carbocycles. The van der Waals surface area contributed by atoms with Crippen LogP contribution in [0.25, 0.3) is 10.8 Å². The van der Waals surface area contributed by atoms with Gasteiger partial charge in [-0.1, -0.05) is 42.5 Å². The minimum atomic E-state index is 0.0118. The van der Waals surface area contributed by atoms with Gasteiger partial charge in [0.2, 0.25) is 5.91 Å². The second-order valence-corrected chi connectivity index (χ2v) is 7.90. The third-order valence-corrected chi connectivity index (χ3v) is 5.80. The Bertz CT molecular complexity index is 1200. The molecule has 7 heteroatoms. The topological polar surface area (TPSA) is 83.0 Å². The number of pyridine rings is 1. The molecular weight excluding hydrogens is 400 g/mol. The number of hydrogen-bond donors (Lipinski definition) is 2. The highest BCUT2D eigenvalue weighted by Crippen LogP contribution is 2.25. The van der Waals surface area contributed by atoms with Crippen molar-refractivity contribution >= 4 is 39.8 Å². The van der Waals surface area contributed by atoms with Gasteiger partial charge in [0.15, 0.2) is 11.6 Å². The van der Waals surface area contributed by atoms with Gasteiger partial charge < -0.3 is 15.5 Å². The summed E-state index contributed by atoms with van der Waals surface area (Å²) >= 11 is 0. The van der Waals surface area contributed by atoms with Gasteiger partial charge in [0.1, 0.15) is 5.82 Å². The lowest BCUT2D eigenvalue weighted by Gasteiger charge is -2.31. The summed E-state index contributed by atoms with van der Waals surface area (Å²) < 4.78 is 0. The first-order valence-corrected chi connectivity index (χ1v) is 10.8. The minimum Gasteiger partial charge on any atom is -0.355 e. The lowest BCUT2D eigenvalue weighted by atomic mass is 9.96. The molecule has 0 spiro atoms. The van der Waals surface area contributed by atoms with Crippen LogP contribution in [0.2, 0.25) is 0 Å². The van der Waals surface area contributed by atoms with Crippen LogP contribution < -0.4 is 15.5 Å². The highest BCUT2D eigenvalue weighted by Gasteiger charge is 2.25. The summed E-state index contributed by atoms with van der Waals surface area (Å²) in [6.07, 6.45) is 3.37. The molecule has 2 aromatic carbocycles. The van der Waals surface area contributed by atoms with E-state index < -0.39 is 0 Å². The molecule has 160 valence electrons. The van der Waals surface area contributed by atoms with Gasteiger partial charge in [0.25, 0.3) is 0 Å². The van der Waals surface area contributed by atoms with Crippen LogP contribution in [0.3, 0.4) is 0 Å². The molecule has 5 rings (SSSR count). The molecule has 32 heavy (non-hydrogen) atoms. The Hall–Kier alpha value is -4.00. The van der Waals surface area contributed by atoms with Gasteiger partial charge in [-0.3, -0.25) is 4.79 Å². The average Bonchev–Trinajstić information content (AvgIpc) is 2.85. The third kappa shape index (κ3) is 4.37. The van der Waals surface area contributed by atoms with E-state index in [0.717, 1.165) is 54.0 Å². The monoisotopic (exact) mass is 424 g/mol. The predicted octanol–water partition coefficient (Wildman–Crippen LogP) is 4.62. The van der Waals surface area contributed by atoms with Gasteiger partial charge in [-0.05, 0) is 48.6 Å². The van der Waals surface area contributed by atoms with Crippen molar-refractivity contribution in [1.82, 2.24) is 15.2 Å². The molecule has 7 nitrogen and oxygen atoms in total. The minimum absolute atomic E-state index is 0.0118. The third-order valence-electron chi connectivity index (χ3n) is 5.80. The molecule has 1 aliphatic rings. The SMILES string of the molecule is O=C(Nc1ccccc1)C1CCN(c2ccc(Nc3nccc4ccccc34)nn2)CC1. The highest BCUT2D eigenvalue weighted by molar-refractivity contribution is 5.93. The number of piperidine rings is 1. The number of benzene rings is 2. The number of nitrogens with zero attached hydrogens (tertiary/aromatic N) is 4. The summed E-state index contributed by atoms with van der Waals surface area (Å²) in [4.78, 5) is 19.2. The number of carbonyl (C=O) groups excluding carboxylic acids is 1. The molecule has 3 heterocycles. The molecule has 2 aromatic heterocycles. The van der Waals surface area contributed by atoms with Crippen molar-refractivity contribution in [1.29, 1.82) is 0 Å². The van der Waals surface area contributed by atoms with Gasteiger partial charge >= 0.3 is 0 Å². The van der Waals surface area contributed by atoms with Crippen molar-refractivity contribution < 1.29 is 4.79 Å². The maximum absolute atomic E-state index is 12.6. The number of para-hydroxylation sites is 1. The second kappa shape index (κ2) is 9.01. The number of anilines is 4. The van der Waals surface area contributed by atoms with Gasteiger partial charge in [0, 0.05) is 36.3 Å². The van der Waals surface area contributed by atoms with E-state index in [1.54, 1.807) is 6.20 Å². The number of carbonyl (C=O) groups is 1. The van der Waals surface area contributed by atoms with E-state index in [-0.39, 0.29) is 11.8 Å². The second-order valence-electron chi connectivity index (χ2n) is 7.90. The van der Waals surface area contributed by atoms with Crippen molar-refractivity contribution in [2.45, 2.75) is 12.8 Å². The molecule has 1 fully saturated rings. The van der Waals surface area contributed by atoms with Crippen LogP contribution >= 0.6 is 0 Å². The van der Waals surface area contributed by atoms with Crippen molar-refractivity contribution in [3.63, 3.8) is 0 Å². The van der Waals surface area contributed by atoms with E-state index in [2.05, 4.69) is 36.8 Å². The maximum atomic E-state index is 12.6. The van der Waals surface area contributed by atoms with Crippen molar-refractivity contribution in [3.8, 4) is 0 Å². The van der Waals surface area contributed by atoms with Gasteiger partial charge in [-0.15, -0.1) is 10.2 Å². The number of nitrogens with one attached hydrogen (secondary N) is 2. The first-order chi connectivity index (χ1) is 15.8.